The first-order chi connectivity index (χ1) is 18.8. The van der Waals surface area contributed by atoms with Crippen LogP contribution >= 0.6 is 0 Å². The molecular formula is C29H37F2N3O5. The van der Waals surface area contributed by atoms with E-state index in [-0.39, 0.29) is 37.3 Å². The van der Waals surface area contributed by atoms with Crippen molar-refractivity contribution in [1.82, 2.24) is 15.5 Å². The number of hydrogen-bond acceptors (Lipinski definition) is 6. The number of nitrogens with one attached hydrogen (secondary N) is 2. The van der Waals surface area contributed by atoms with Crippen molar-refractivity contribution in [2.24, 2.45) is 5.92 Å². The van der Waals surface area contributed by atoms with Crippen LogP contribution in [0, 0.1) is 17.6 Å². The molecule has 2 heterocycles. The highest BCUT2D eigenvalue weighted by molar-refractivity contribution is 5.89. The molecular weight excluding hydrogens is 508 g/mol. The lowest BCUT2D eigenvalue weighted by molar-refractivity contribution is -0.129. The Bertz CT molecular complexity index is 1090. The van der Waals surface area contributed by atoms with Crippen LogP contribution < -0.4 is 10.6 Å². The average Bonchev–Trinajstić information content (AvgIpc) is 3.54. The number of likely N-dealkylation sites (tertiary alicyclic amines) is 1. The minimum Gasteiger partial charge on any atom is -0.389 e. The molecule has 4 rings (SSSR count). The van der Waals surface area contributed by atoms with Crippen LogP contribution in [-0.4, -0.2) is 79.0 Å². The number of rotatable bonds is 13. The van der Waals surface area contributed by atoms with Crippen LogP contribution in [0.5, 0.6) is 0 Å². The van der Waals surface area contributed by atoms with Crippen LogP contribution in [0.15, 0.2) is 48.5 Å². The Morgan fingerprint density at radius 1 is 1.18 bits per heavy atom. The number of carbonyl (C=O) groups excluding carboxylic acids is 2. The van der Waals surface area contributed by atoms with Gasteiger partial charge in [0.05, 0.1) is 37.4 Å². The number of halogens is 2. The monoisotopic (exact) mass is 545 g/mol. The zero-order valence-electron chi connectivity index (χ0n) is 22.2. The molecule has 10 heteroatoms. The number of nitrogens with zero attached hydrogens (tertiary/aromatic N) is 1. The van der Waals surface area contributed by atoms with Crippen LogP contribution in [0.3, 0.4) is 0 Å². The molecule has 2 aromatic carbocycles. The van der Waals surface area contributed by atoms with Gasteiger partial charge in [0, 0.05) is 44.8 Å². The Morgan fingerprint density at radius 3 is 2.64 bits per heavy atom. The summed E-state index contributed by atoms with van der Waals surface area (Å²) in [6.45, 7) is 4.43. The minimum absolute atomic E-state index is 0.0179. The van der Waals surface area contributed by atoms with Crippen molar-refractivity contribution in [1.29, 1.82) is 0 Å². The second-order valence-corrected chi connectivity index (χ2v) is 10.2. The molecule has 2 fully saturated rings. The number of benzene rings is 2. The summed E-state index contributed by atoms with van der Waals surface area (Å²) in [7, 11) is 0. The van der Waals surface area contributed by atoms with E-state index in [0.717, 1.165) is 11.6 Å². The summed E-state index contributed by atoms with van der Waals surface area (Å²) in [5.74, 6) is -2.56. The zero-order chi connectivity index (χ0) is 27.8. The van der Waals surface area contributed by atoms with Gasteiger partial charge in [-0.25, -0.2) is 8.78 Å². The predicted molar refractivity (Wildman–Crippen MR) is 141 cm³/mol. The van der Waals surface area contributed by atoms with E-state index in [4.69, 9.17) is 9.47 Å². The van der Waals surface area contributed by atoms with Crippen LogP contribution in [0.2, 0.25) is 0 Å². The molecule has 0 radical (unpaired) electrons. The summed E-state index contributed by atoms with van der Waals surface area (Å²) in [5, 5.41) is 17.5. The molecule has 3 N–H and O–H groups in total. The molecule has 39 heavy (non-hydrogen) atoms. The van der Waals surface area contributed by atoms with Gasteiger partial charge < -0.3 is 30.1 Å². The summed E-state index contributed by atoms with van der Waals surface area (Å²) >= 11 is 0. The number of aliphatic hydroxyl groups is 1. The Labute approximate surface area is 227 Å². The lowest BCUT2D eigenvalue weighted by atomic mass is 9.94. The summed E-state index contributed by atoms with van der Waals surface area (Å²) in [5.41, 5.74) is 1.36. The van der Waals surface area contributed by atoms with Gasteiger partial charge in [-0.3, -0.25) is 9.59 Å². The molecule has 2 aliphatic heterocycles. The molecule has 2 aliphatic rings. The van der Waals surface area contributed by atoms with Crippen molar-refractivity contribution in [2.45, 2.75) is 57.1 Å². The number of amides is 2. The van der Waals surface area contributed by atoms with Crippen LogP contribution in [0.4, 0.5) is 8.78 Å². The van der Waals surface area contributed by atoms with Gasteiger partial charge in [0.1, 0.15) is 11.6 Å². The minimum atomic E-state index is -1.06. The summed E-state index contributed by atoms with van der Waals surface area (Å²) < 4.78 is 39.1. The number of hydrogen-bond donors (Lipinski definition) is 3. The largest absolute Gasteiger partial charge is 0.389 e. The van der Waals surface area contributed by atoms with Gasteiger partial charge in [-0.2, -0.15) is 0 Å². The van der Waals surface area contributed by atoms with E-state index in [9.17, 15) is 23.5 Å². The third-order valence-electron chi connectivity index (χ3n) is 7.28. The van der Waals surface area contributed by atoms with Crippen molar-refractivity contribution < 1.29 is 33.0 Å². The van der Waals surface area contributed by atoms with E-state index in [1.165, 1.54) is 12.1 Å². The maximum Gasteiger partial charge on any atom is 0.225 e. The first-order valence-corrected chi connectivity index (χ1v) is 13.5. The first kappa shape index (κ1) is 29.1. The van der Waals surface area contributed by atoms with Gasteiger partial charge in [0.15, 0.2) is 0 Å². The normalized spacial score (nSPS) is 22.7. The molecule has 0 aromatic heterocycles. The average molecular weight is 546 g/mol. The number of aliphatic hydroxyl groups excluding tert-OH is 1. The van der Waals surface area contributed by atoms with Crippen LogP contribution in [0.25, 0.3) is 0 Å². The number of ether oxygens (including phenoxy) is 2. The molecule has 5 atom stereocenters. The molecule has 0 bridgehead atoms. The molecule has 0 spiro atoms. The van der Waals surface area contributed by atoms with E-state index >= 15 is 0 Å². The topological polar surface area (TPSA) is 100 Å². The van der Waals surface area contributed by atoms with Gasteiger partial charge in [-0.1, -0.05) is 30.3 Å². The molecule has 8 nitrogen and oxygen atoms in total. The molecule has 0 saturated carbocycles. The van der Waals surface area contributed by atoms with E-state index < -0.39 is 35.7 Å². The van der Waals surface area contributed by atoms with Crippen molar-refractivity contribution in [2.75, 3.05) is 32.8 Å². The van der Waals surface area contributed by atoms with Gasteiger partial charge in [0.2, 0.25) is 11.8 Å². The third-order valence-corrected chi connectivity index (χ3v) is 7.28. The Kier molecular flexibility index (Phi) is 10.4. The lowest BCUT2D eigenvalue weighted by Crippen LogP contribution is -2.53. The van der Waals surface area contributed by atoms with Crippen LogP contribution in [0.1, 0.15) is 30.9 Å². The second kappa shape index (κ2) is 13.9. The Hall–Kier alpha value is -2.92. The number of carbonyl (C=O) groups is 2. The lowest BCUT2D eigenvalue weighted by Gasteiger charge is -2.29. The molecule has 212 valence electrons. The highest BCUT2D eigenvalue weighted by atomic mass is 19.1. The molecule has 0 unspecified atom stereocenters. The highest BCUT2D eigenvalue weighted by Crippen LogP contribution is 2.22. The molecule has 0 aliphatic carbocycles. The van der Waals surface area contributed by atoms with Gasteiger partial charge in [-0.15, -0.1) is 0 Å². The maximum absolute atomic E-state index is 13.9. The van der Waals surface area contributed by atoms with Crippen molar-refractivity contribution in [3.63, 3.8) is 0 Å². The van der Waals surface area contributed by atoms with Gasteiger partial charge in [0.25, 0.3) is 0 Å². The van der Waals surface area contributed by atoms with E-state index in [2.05, 4.69) is 10.6 Å². The molecule has 2 amide bonds. The summed E-state index contributed by atoms with van der Waals surface area (Å²) in [6, 6.07) is 11.7. The van der Waals surface area contributed by atoms with Crippen molar-refractivity contribution >= 4 is 11.8 Å². The Morgan fingerprint density at radius 2 is 1.92 bits per heavy atom. The fourth-order valence-electron chi connectivity index (χ4n) is 5.21. The molecule has 2 aromatic rings. The fourth-order valence-corrected chi connectivity index (χ4v) is 5.21. The first-order valence-electron chi connectivity index (χ1n) is 13.5. The van der Waals surface area contributed by atoms with Gasteiger partial charge >= 0.3 is 0 Å². The highest BCUT2D eigenvalue weighted by Gasteiger charge is 2.39. The van der Waals surface area contributed by atoms with Crippen LogP contribution in [-0.2, 0) is 32.1 Å². The smallest absolute Gasteiger partial charge is 0.225 e. The SMILES string of the molecule is CCOCCN1C[C@@H](C(=O)N[C@@H](Cc2cc(F)cc(F)c2)[C@H](O)[C@H]2C[C@@H](OCc3ccccc3)CN2)CC1=O. The second-order valence-electron chi connectivity index (χ2n) is 10.2. The quantitative estimate of drug-likeness (QED) is 0.334. The van der Waals surface area contributed by atoms with E-state index in [1.807, 2.05) is 37.3 Å². The Balaban J connectivity index is 1.40. The van der Waals surface area contributed by atoms with Crippen molar-refractivity contribution in [3.05, 3.63) is 71.3 Å². The predicted octanol–water partition coefficient (Wildman–Crippen LogP) is 2.19. The summed E-state index contributed by atoms with van der Waals surface area (Å²) in [4.78, 5) is 27.2. The van der Waals surface area contributed by atoms with Crippen molar-refractivity contribution in [3.8, 4) is 0 Å². The molecule has 2 saturated heterocycles. The summed E-state index contributed by atoms with van der Waals surface area (Å²) in [6.07, 6.45) is -0.613. The standard InChI is InChI=1S/C29H37F2N3O5/c1-2-38-9-8-34-17-21(13-27(34)35)29(37)33-26(12-20-10-22(30)14-23(31)11-20)28(36)25-15-24(16-32-25)39-18-19-6-4-3-5-7-19/h3-7,10-11,14,21,24-26,28,32,36H,2,8-9,12-13,15-18H2,1H3,(H,33,37)/t21-,24+,25+,26-,28+/m0/s1. The van der Waals surface area contributed by atoms with E-state index in [0.29, 0.717) is 44.9 Å². The zero-order valence-corrected chi connectivity index (χ0v) is 22.2. The maximum atomic E-state index is 13.9. The third kappa shape index (κ3) is 8.28. The van der Waals surface area contributed by atoms with Gasteiger partial charge in [-0.05, 0) is 43.0 Å². The van der Waals surface area contributed by atoms with E-state index in [1.54, 1.807) is 4.90 Å². The fraction of sp³-hybridized carbons (Fsp3) is 0.517.